The lowest BCUT2D eigenvalue weighted by Gasteiger charge is -2.34. The molecule has 0 saturated carbocycles. The third-order valence-corrected chi connectivity index (χ3v) is 2.10. The van der Waals surface area contributed by atoms with Crippen LogP contribution in [0.4, 0.5) is 35.1 Å². The van der Waals surface area contributed by atoms with Gasteiger partial charge in [0, 0.05) is 18.6 Å². The Bertz CT molecular complexity index is 394. The first-order chi connectivity index (χ1) is 8.08. The second-order valence-electron chi connectivity index (χ2n) is 3.79. The number of halogens is 8. The Morgan fingerprint density at radius 2 is 1.32 bits per heavy atom. The summed E-state index contributed by atoms with van der Waals surface area (Å²) in [4.78, 5) is 10.2. The van der Waals surface area contributed by atoms with E-state index in [2.05, 4.69) is 0 Å². The van der Waals surface area contributed by atoms with Crippen molar-refractivity contribution in [1.82, 2.24) is 0 Å². The Kier molecular flexibility index (Phi) is 4.31. The van der Waals surface area contributed by atoms with Gasteiger partial charge < -0.3 is 5.11 Å². The van der Waals surface area contributed by atoms with Crippen LogP contribution < -0.4 is 0 Å². The van der Waals surface area contributed by atoms with E-state index in [1.807, 2.05) is 0 Å². The van der Waals surface area contributed by atoms with Crippen LogP contribution in [0.1, 0.15) is 13.8 Å². The number of allylic oxidation sites excluding steroid dienone is 1. The third-order valence-electron chi connectivity index (χ3n) is 2.10. The minimum Gasteiger partial charge on any atom is -0.478 e. The van der Waals surface area contributed by atoms with Crippen LogP contribution in [0.3, 0.4) is 0 Å². The van der Waals surface area contributed by atoms with Crippen molar-refractivity contribution in [2.45, 2.75) is 37.5 Å². The third kappa shape index (κ3) is 2.98. The lowest BCUT2D eigenvalue weighted by Crippen LogP contribution is -2.60. The van der Waals surface area contributed by atoms with Crippen molar-refractivity contribution < 1.29 is 45.0 Å². The molecule has 0 saturated heterocycles. The summed E-state index contributed by atoms with van der Waals surface area (Å²) >= 11 is 0. The van der Waals surface area contributed by atoms with Crippen LogP contribution in [0.2, 0.25) is 0 Å². The maximum atomic E-state index is 12.9. The number of aliphatic carboxylic acids is 1. The van der Waals surface area contributed by atoms with Crippen LogP contribution >= 0.6 is 0 Å². The average molecular weight is 300 g/mol. The minimum absolute atomic E-state index is 0.425. The largest absolute Gasteiger partial charge is 0.478 e. The summed E-state index contributed by atoms with van der Waals surface area (Å²) in [6, 6.07) is 0. The SMILES string of the molecule is CC(=CC(F)(F)C(F)(F)C(F)(F)C(C)(F)F)C(=O)O. The molecule has 0 unspecified atom stereocenters. The fourth-order valence-electron chi connectivity index (χ4n) is 0.909. The first kappa shape index (κ1) is 17.6. The van der Waals surface area contributed by atoms with E-state index >= 15 is 0 Å². The zero-order valence-corrected chi connectivity index (χ0v) is 9.46. The molecular formula is C9H8F8O2. The van der Waals surface area contributed by atoms with E-state index in [0.717, 1.165) is 0 Å². The predicted molar refractivity (Wildman–Crippen MR) is 46.9 cm³/mol. The molecule has 112 valence electrons. The normalized spacial score (nSPS) is 15.6. The van der Waals surface area contributed by atoms with Gasteiger partial charge in [0.05, 0.1) is 0 Å². The highest BCUT2D eigenvalue weighted by molar-refractivity contribution is 5.86. The van der Waals surface area contributed by atoms with E-state index in [-0.39, 0.29) is 0 Å². The molecule has 19 heavy (non-hydrogen) atoms. The summed E-state index contributed by atoms with van der Waals surface area (Å²) in [5.74, 6) is -26.1. The van der Waals surface area contributed by atoms with Gasteiger partial charge in [0.2, 0.25) is 0 Å². The van der Waals surface area contributed by atoms with Crippen molar-refractivity contribution in [2.75, 3.05) is 0 Å². The Labute approximate surface area is 101 Å². The molecule has 1 N–H and O–H groups in total. The summed E-state index contributed by atoms with van der Waals surface area (Å²) < 4.78 is 102. The van der Waals surface area contributed by atoms with Crippen molar-refractivity contribution >= 4 is 5.97 Å². The molecule has 2 nitrogen and oxygen atoms in total. The first-order valence-electron chi connectivity index (χ1n) is 4.52. The van der Waals surface area contributed by atoms with Gasteiger partial charge in [-0.15, -0.1) is 0 Å². The molecule has 0 fully saturated rings. The van der Waals surface area contributed by atoms with Gasteiger partial charge in [0.1, 0.15) is 0 Å². The van der Waals surface area contributed by atoms with Crippen molar-refractivity contribution in [2.24, 2.45) is 0 Å². The molecule has 0 spiro atoms. The summed E-state index contributed by atoms with van der Waals surface area (Å²) in [7, 11) is 0. The zero-order chi connectivity index (χ0) is 15.9. The fourth-order valence-corrected chi connectivity index (χ4v) is 0.909. The molecule has 10 heteroatoms. The number of carbonyl (C=O) groups is 1. The Hall–Kier alpha value is -1.35. The van der Waals surface area contributed by atoms with E-state index in [1.165, 1.54) is 0 Å². The fraction of sp³-hybridized carbons (Fsp3) is 0.667. The van der Waals surface area contributed by atoms with Crippen LogP contribution in [-0.4, -0.2) is 34.8 Å². The smallest absolute Gasteiger partial charge is 0.381 e. The highest BCUT2D eigenvalue weighted by atomic mass is 19.4. The van der Waals surface area contributed by atoms with Gasteiger partial charge in [0.25, 0.3) is 0 Å². The number of carboxylic acid groups (broad SMARTS) is 1. The molecule has 0 bridgehead atoms. The lowest BCUT2D eigenvalue weighted by atomic mass is 9.98. The van der Waals surface area contributed by atoms with E-state index in [9.17, 15) is 39.9 Å². The maximum Gasteiger partial charge on any atom is 0.381 e. The Morgan fingerprint density at radius 3 is 1.58 bits per heavy atom. The summed E-state index contributed by atoms with van der Waals surface area (Å²) in [6.07, 6.45) is -0.991. The Balaban J connectivity index is 5.78. The van der Waals surface area contributed by atoms with E-state index in [1.54, 1.807) is 0 Å². The van der Waals surface area contributed by atoms with Crippen LogP contribution in [0.5, 0.6) is 0 Å². The second-order valence-corrected chi connectivity index (χ2v) is 3.79. The van der Waals surface area contributed by atoms with Crippen LogP contribution in [-0.2, 0) is 4.79 Å². The molecule has 0 aliphatic carbocycles. The monoisotopic (exact) mass is 300 g/mol. The molecule has 0 aromatic rings. The molecular weight excluding hydrogens is 292 g/mol. The van der Waals surface area contributed by atoms with Gasteiger partial charge in [-0.3, -0.25) is 0 Å². The number of carboxylic acids is 1. The molecule has 0 radical (unpaired) electrons. The zero-order valence-electron chi connectivity index (χ0n) is 9.46. The molecule has 0 aliphatic heterocycles. The van der Waals surface area contributed by atoms with Gasteiger partial charge in [0.15, 0.2) is 0 Å². The van der Waals surface area contributed by atoms with Crippen LogP contribution in [0.15, 0.2) is 11.6 Å². The van der Waals surface area contributed by atoms with Gasteiger partial charge in [-0.05, 0) is 6.92 Å². The minimum atomic E-state index is -6.46. The summed E-state index contributed by atoms with van der Waals surface area (Å²) in [5, 5.41) is 8.19. The van der Waals surface area contributed by atoms with E-state index in [4.69, 9.17) is 5.11 Å². The molecule has 0 rings (SSSR count). The summed E-state index contributed by atoms with van der Waals surface area (Å²) in [6.45, 7) is -0.223. The number of rotatable bonds is 5. The highest BCUT2D eigenvalue weighted by Gasteiger charge is 2.78. The van der Waals surface area contributed by atoms with Gasteiger partial charge >= 0.3 is 29.7 Å². The highest BCUT2D eigenvalue weighted by Crippen LogP contribution is 2.52. The van der Waals surface area contributed by atoms with Crippen LogP contribution in [0.25, 0.3) is 0 Å². The number of hydrogen-bond acceptors (Lipinski definition) is 1. The van der Waals surface area contributed by atoms with E-state index in [0.29, 0.717) is 6.92 Å². The second kappa shape index (κ2) is 4.64. The van der Waals surface area contributed by atoms with Crippen molar-refractivity contribution in [1.29, 1.82) is 0 Å². The van der Waals surface area contributed by atoms with Gasteiger partial charge in [-0.1, -0.05) is 0 Å². The standard InChI is InChI=1S/C9H8F8O2/c1-4(5(18)19)3-7(12,13)9(16,17)8(14,15)6(2,10)11/h3H,1-2H3,(H,18,19). The Morgan fingerprint density at radius 1 is 0.947 bits per heavy atom. The maximum absolute atomic E-state index is 12.9. The van der Waals surface area contributed by atoms with Crippen molar-refractivity contribution in [3.05, 3.63) is 11.6 Å². The van der Waals surface area contributed by atoms with Gasteiger partial charge in [-0.25, -0.2) is 4.79 Å². The first-order valence-corrected chi connectivity index (χ1v) is 4.52. The molecule has 0 atom stereocenters. The predicted octanol–water partition coefficient (Wildman–Crippen LogP) is 3.58. The summed E-state index contributed by atoms with van der Waals surface area (Å²) in [5.41, 5.74) is -1.39. The molecule has 0 aromatic heterocycles. The molecule has 0 heterocycles. The lowest BCUT2D eigenvalue weighted by molar-refractivity contribution is -0.351. The quantitative estimate of drug-likeness (QED) is 0.622. The topological polar surface area (TPSA) is 37.3 Å². The number of hydrogen-bond donors (Lipinski definition) is 1. The molecule has 0 aromatic carbocycles. The molecule has 0 aliphatic rings. The van der Waals surface area contributed by atoms with Gasteiger partial charge in [-0.2, -0.15) is 35.1 Å². The number of alkyl halides is 8. The molecule has 0 amide bonds. The van der Waals surface area contributed by atoms with E-state index < -0.39 is 48.2 Å². The van der Waals surface area contributed by atoms with Crippen LogP contribution in [0, 0.1) is 0 Å². The van der Waals surface area contributed by atoms with Crippen molar-refractivity contribution in [3.63, 3.8) is 0 Å². The van der Waals surface area contributed by atoms with Crippen molar-refractivity contribution in [3.8, 4) is 0 Å². The average Bonchev–Trinajstić information content (AvgIpc) is 2.14.